The third-order valence-corrected chi connectivity index (χ3v) is 3.39. The highest BCUT2D eigenvalue weighted by atomic mass is 16.4. The molecule has 1 aromatic rings. The van der Waals surface area contributed by atoms with E-state index in [4.69, 9.17) is 10.2 Å². The third-order valence-electron chi connectivity index (χ3n) is 3.39. The van der Waals surface area contributed by atoms with Crippen LogP contribution >= 0.6 is 0 Å². The predicted molar refractivity (Wildman–Crippen MR) is 70.2 cm³/mol. The quantitative estimate of drug-likeness (QED) is 0.888. The van der Waals surface area contributed by atoms with Gasteiger partial charge in [0.25, 0.3) is 0 Å². The topological polar surface area (TPSA) is 85.3 Å². The Kier molecular flexibility index (Phi) is 3.89. The number of likely N-dealkylation sites (tertiary alicyclic amines) is 1. The highest BCUT2D eigenvalue weighted by Gasteiger charge is 2.29. The molecule has 1 aliphatic heterocycles. The van der Waals surface area contributed by atoms with Crippen molar-refractivity contribution in [3.63, 3.8) is 0 Å². The lowest BCUT2D eigenvalue weighted by atomic mass is 9.97. The van der Waals surface area contributed by atoms with E-state index in [1.54, 1.807) is 0 Å². The molecule has 1 saturated heterocycles. The Balaban J connectivity index is 2.07. The van der Waals surface area contributed by atoms with Crippen molar-refractivity contribution >= 4 is 5.91 Å². The Hall–Kier alpha value is -1.43. The van der Waals surface area contributed by atoms with E-state index in [0.29, 0.717) is 18.3 Å². The molecule has 0 saturated carbocycles. The number of nitrogens with zero attached hydrogens (tertiary/aromatic N) is 3. The largest absolute Gasteiger partial charge is 0.423 e. The molecular weight excluding hydrogens is 244 g/mol. The SMILES string of the molecule is CC(C)(C)c1nnc(CN2CCCCC2C(N)=O)o1. The molecule has 6 nitrogen and oxygen atoms in total. The number of hydrogen-bond donors (Lipinski definition) is 1. The molecule has 1 unspecified atom stereocenters. The van der Waals surface area contributed by atoms with Crippen LogP contribution in [0.4, 0.5) is 0 Å². The number of carbonyl (C=O) groups is 1. The number of carbonyl (C=O) groups excluding carboxylic acids is 1. The van der Waals surface area contributed by atoms with Crippen molar-refractivity contribution in [3.8, 4) is 0 Å². The highest BCUT2D eigenvalue weighted by molar-refractivity contribution is 5.79. The number of rotatable bonds is 3. The van der Waals surface area contributed by atoms with E-state index >= 15 is 0 Å². The van der Waals surface area contributed by atoms with E-state index in [1.807, 2.05) is 25.7 Å². The minimum absolute atomic E-state index is 0.157. The molecule has 1 aliphatic rings. The second-order valence-corrected chi connectivity index (χ2v) is 6.14. The fourth-order valence-electron chi connectivity index (χ4n) is 2.30. The van der Waals surface area contributed by atoms with Crippen LogP contribution in [0, 0.1) is 0 Å². The smallest absolute Gasteiger partial charge is 0.234 e. The second-order valence-electron chi connectivity index (χ2n) is 6.14. The first-order chi connectivity index (χ1) is 8.88. The second kappa shape index (κ2) is 5.28. The Morgan fingerprint density at radius 3 is 2.74 bits per heavy atom. The van der Waals surface area contributed by atoms with Crippen molar-refractivity contribution in [2.75, 3.05) is 6.54 Å². The summed E-state index contributed by atoms with van der Waals surface area (Å²) >= 11 is 0. The van der Waals surface area contributed by atoms with Crippen LogP contribution in [0.15, 0.2) is 4.42 Å². The van der Waals surface area contributed by atoms with Gasteiger partial charge in [-0.05, 0) is 19.4 Å². The van der Waals surface area contributed by atoms with Crippen LogP contribution in [0.5, 0.6) is 0 Å². The van der Waals surface area contributed by atoms with Crippen LogP contribution in [0.3, 0.4) is 0 Å². The average Bonchev–Trinajstić information content (AvgIpc) is 2.77. The van der Waals surface area contributed by atoms with E-state index in [-0.39, 0.29) is 17.4 Å². The van der Waals surface area contributed by atoms with Gasteiger partial charge in [-0.2, -0.15) is 0 Å². The van der Waals surface area contributed by atoms with E-state index in [0.717, 1.165) is 25.8 Å². The van der Waals surface area contributed by atoms with Crippen molar-refractivity contribution in [2.45, 2.75) is 58.0 Å². The predicted octanol–water partition coefficient (Wildman–Crippen LogP) is 1.21. The van der Waals surface area contributed by atoms with Gasteiger partial charge in [0.05, 0.1) is 12.6 Å². The average molecular weight is 266 g/mol. The van der Waals surface area contributed by atoms with Crippen molar-refractivity contribution in [2.24, 2.45) is 5.73 Å². The zero-order valence-electron chi connectivity index (χ0n) is 11.8. The summed E-state index contributed by atoms with van der Waals surface area (Å²) in [5.41, 5.74) is 5.28. The molecule has 0 bridgehead atoms. The molecule has 1 amide bonds. The number of piperidine rings is 1. The maximum absolute atomic E-state index is 11.4. The molecule has 6 heteroatoms. The van der Waals surface area contributed by atoms with Crippen molar-refractivity contribution in [1.29, 1.82) is 0 Å². The number of hydrogen-bond acceptors (Lipinski definition) is 5. The van der Waals surface area contributed by atoms with Gasteiger partial charge in [-0.15, -0.1) is 10.2 Å². The summed E-state index contributed by atoms with van der Waals surface area (Å²) < 4.78 is 5.66. The Morgan fingerprint density at radius 2 is 2.16 bits per heavy atom. The van der Waals surface area contributed by atoms with E-state index in [2.05, 4.69) is 10.2 Å². The Labute approximate surface area is 113 Å². The summed E-state index contributed by atoms with van der Waals surface area (Å²) in [4.78, 5) is 13.5. The molecule has 0 aliphatic carbocycles. The van der Waals surface area contributed by atoms with Crippen LogP contribution in [-0.2, 0) is 16.8 Å². The minimum atomic E-state index is -0.268. The highest BCUT2D eigenvalue weighted by Crippen LogP contribution is 2.23. The molecule has 2 rings (SSSR count). The number of primary amides is 1. The molecule has 1 fully saturated rings. The molecule has 1 atom stereocenters. The maximum atomic E-state index is 11.4. The first-order valence-electron chi connectivity index (χ1n) is 6.74. The number of aromatic nitrogens is 2. The monoisotopic (exact) mass is 266 g/mol. The van der Waals surface area contributed by atoms with E-state index in [9.17, 15) is 4.79 Å². The summed E-state index contributed by atoms with van der Waals surface area (Å²) in [6.07, 6.45) is 2.93. The van der Waals surface area contributed by atoms with Gasteiger partial charge in [-0.3, -0.25) is 9.69 Å². The van der Waals surface area contributed by atoms with Crippen molar-refractivity contribution in [3.05, 3.63) is 11.8 Å². The van der Waals surface area contributed by atoms with Gasteiger partial charge >= 0.3 is 0 Å². The van der Waals surface area contributed by atoms with Gasteiger partial charge in [-0.25, -0.2) is 0 Å². The van der Waals surface area contributed by atoms with Crippen molar-refractivity contribution in [1.82, 2.24) is 15.1 Å². The van der Waals surface area contributed by atoms with Crippen LogP contribution < -0.4 is 5.73 Å². The zero-order valence-corrected chi connectivity index (χ0v) is 11.8. The normalized spacial score (nSPS) is 21.5. The molecule has 2 heterocycles. The van der Waals surface area contributed by atoms with Gasteiger partial charge in [0, 0.05) is 5.41 Å². The molecule has 0 spiro atoms. The summed E-state index contributed by atoms with van der Waals surface area (Å²) in [7, 11) is 0. The lowest BCUT2D eigenvalue weighted by Crippen LogP contribution is -2.47. The first-order valence-corrected chi connectivity index (χ1v) is 6.74. The van der Waals surface area contributed by atoms with Gasteiger partial charge in [0.2, 0.25) is 17.7 Å². The molecule has 19 heavy (non-hydrogen) atoms. The standard InChI is InChI=1S/C13H22N4O2/c1-13(2,3)12-16-15-10(19-12)8-17-7-5-4-6-9(17)11(14)18/h9H,4-8H2,1-3H3,(H2,14,18). The van der Waals surface area contributed by atoms with Gasteiger partial charge in [0.1, 0.15) is 0 Å². The molecule has 1 aromatic heterocycles. The van der Waals surface area contributed by atoms with Crippen LogP contribution in [-0.4, -0.2) is 33.6 Å². The fraction of sp³-hybridized carbons (Fsp3) is 0.769. The van der Waals surface area contributed by atoms with E-state index < -0.39 is 0 Å². The lowest BCUT2D eigenvalue weighted by Gasteiger charge is -2.32. The fourth-order valence-corrected chi connectivity index (χ4v) is 2.30. The molecule has 0 aromatic carbocycles. The summed E-state index contributed by atoms with van der Waals surface area (Å²) in [5.74, 6) is 0.906. The van der Waals surface area contributed by atoms with Gasteiger partial charge < -0.3 is 10.2 Å². The zero-order chi connectivity index (χ0) is 14.0. The molecule has 106 valence electrons. The van der Waals surface area contributed by atoms with Gasteiger partial charge in [-0.1, -0.05) is 27.2 Å². The number of nitrogens with two attached hydrogens (primary N) is 1. The van der Waals surface area contributed by atoms with E-state index in [1.165, 1.54) is 0 Å². The van der Waals surface area contributed by atoms with Crippen LogP contribution in [0.1, 0.15) is 51.8 Å². The van der Waals surface area contributed by atoms with Crippen LogP contribution in [0.2, 0.25) is 0 Å². The first kappa shape index (κ1) is 14.0. The maximum Gasteiger partial charge on any atom is 0.234 e. The minimum Gasteiger partial charge on any atom is -0.423 e. The molecular formula is C13H22N4O2. The molecule has 2 N–H and O–H groups in total. The number of amides is 1. The Morgan fingerprint density at radius 1 is 1.42 bits per heavy atom. The summed E-state index contributed by atoms with van der Waals surface area (Å²) in [5, 5.41) is 8.12. The summed E-state index contributed by atoms with van der Waals surface area (Å²) in [6.45, 7) is 7.42. The lowest BCUT2D eigenvalue weighted by molar-refractivity contribution is -0.124. The Bertz CT molecular complexity index is 450. The molecule has 0 radical (unpaired) electrons. The third kappa shape index (κ3) is 3.32. The van der Waals surface area contributed by atoms with Crippen LogP contribution in [0.25, 0.3) is 0 Å². The van der Waals surface area contributed by atoms with Gasteiger partial charge in [0.15, 0.2) is 0 Å². The summed E-state index contributed by atoms with van der Waals surface area (Å²) in [6, 6.07) is -0.210. The van der Waals surface area contributed by atoms with Crippen molar-refractivity contribution < 1.29 is 9.21 Å².